The number of sulfone groups is 1. The number of ether oxygens (including phenoxy) is 4. The summed E-state index contributed by atoms with van der Waals surface area (Å²) in [5.74, 6) is 0.683. The lowest BCUT2D eigenvalue weighted by Crippen LogP contribution is -2.12. The number of hydrogen-bond acceptors (Lipinski definition) is 9. The van der Waals surface area contributed by atoms with E-state index in [0.717, 1.165) is 5.41 Å². The Morgan fingerprint density at radius 1 is 0.938 bits per heavy atom. The minimum absolute atomic E-state index is 0.103. The van der Waals surface area contributed by atoms with Crippen molar-refractivity contribution in [2.75, 3.05) is 33.2 Å². The van der Waals surface area contributed by atoms with Crippen molar-refractivity contribution in [3.63, 3.8) is 0 Å². The van der Waals surface area contributed by atoms with Gasteiger partial charge in [0.05, 0.1) is 45.4 Å². The average Bonchev–Trinajstić information content (AvgIpc) is 2.76. The van der Waals surface area contributed by atoms with Crippen LogP contribution in [0, 0.1) is 0 Å². The Kier molecular flexibility index (Phi) is 8.11. The molecular formula is C20H24N2O8S2. The first kappa shape index (κ1) is 25.0. The quantitative estimate of drug-likeness (QED) is 0.511. The van der Waals surface area contributed by atoms with Crippen LogP contribution in [0.25, 0.3) is 6.08 Å². The van der Waals surface area contributed by atoms with Gasteiger partial charge in [0, 0.05) is 22.9 Å². The van der Waals surface area contributed by atoms with Gasteiger partial charge in [0.2, 0.25) is 0 Å². The van der Waals surface area contributed by atoms with Gasteiger partial charge in [-0.15, -0.1) is 0 Å². The Labute approximate surface area is 187 Å². The summed E-state index contributed by atoms with van der Waals surface area (Å²) in [6.45, 7) is 3.21. The van der Waals surface area contributed by atoms with Crippen LogP contribution in [0.4, 0.5) is 5.82 Å². The topological polar surface area (TPSA) is 130 Å². The zero-order valence-electron chi connectivity index (χ0n) is 18.0. The van der Waals surface area contributed by atoms with Crippen molar-refractivity contribution in [2.24, 2.45) is 0 Å². The molecule has 0 radical (unpaired) electrons. The predicted molar refractivity (Wildman–Crippen MR) is 121 cm³/mol. The van der Waals surface area contributed by atoms with Crippen LogP contribution in [0.2, 0.25) is 0 Å². The zero-order chi connectivity index (χ0) is 23.9. The van der Waals surface area contributed by atoms with Gasteiger partial charge in [-0.1, -0.05) is 6.58 Å². The fourth-order valence-corrected chi connectivity index (χ4v) is 4.12. The Morgan fingerprint density at radius 3 is 2.03 bits per heavy atom. The summed E-state index contributed by atoms with van der Waals surface area (Å²) < 4.78 is 71.9. The second-order valence-corrected chi connectivity index (χ2v) is 9.74. The van der Waals surface area contributed by atoms with E-state index in [1.54, 1.807) is 12.1 Å². The Morgan fingerprint density at radius 2 is 1.53 bits per heavy atom. The first-order valence-electron chi connectivity index (χ1n) is 8.98. The minimum atomic E-state index is -3.86. The molecule has 0 saturated heterocycles. The maximum Gasteiger partial charge on any atom is 0.255 e. The molecule has 0 aliphatic carbocycles. The number of hydrogen-bond donors (Lipinski definition) is 1. The summed E-state index contributed by atoms with van der Waals surface area (Å²) in [7, 11) is -1.98. The van der Waals surface area contributed by atoms with E-state index in [9.17, 15) is 16.8 Å². The van der Waals surface area contributed by atoms with Gasteiger partial charge in [0.25, 0.3) is 10.0 Å². The van der Waals surface area contributed by atoms with E-state index in [1.807, 2.05) is 0 Å². The van der Waals surface area contributed by atoms with Gasteiger partial charge in [-0.3, -0.25) is 4.72 Å². The maximum atomic E-state index is 12.7. The summed E-state index contributed by atoms with van der Waals surface area (Å²) in [5.41, 5.74) is 0.507. The third-order valence-electron chi connectivity index (χ3n) is 4.14. The number of anilines is 1. The van der Waals surface area contributed by atoms with Crippen molar-refractivity contribution < 1.29 is 35.8 Å². The maximum absolute atomic E-state index is 12.7. The zero-order valence-corrected chi connectivity index (χ0v) is 19.6. The van der Waals surface area contributed by atoms with E-state index < -0.39 is 25.6 Å². The van der Waals surface area contributed by atoms with E-state index >= 15 is 0 Å². The molecule has 1 aromatic heterocycles. The van der Waals surface area contributed by atoms with Gasteiger partial charge < -0.3 is 18.9 Å². The molecule has 12 heteroatoms. The standard InChI is InChI=1S/C20H24N2O8S2/c1-6-32(25,26)22-20-17(28-3)8-7-14(21-20)13-31(23,24)10-9-16-18(29-4)11-15(27-2)12-19(16)30-5/h6-12H,1,13H2,2-5H3,(H,21,22)/b10-9+. The van der Waals surface area contributed by atoms with Gasteiger partial charge >= 0.3 is 0 Å². The number of pyridine rings is 1. The van der Waals surface area contributed by atoms with Crippen molar-refractivity contribution in [3.05, 3.63) is 52.9 Å². The average molecular weight is 485 g/mol. The highest BCUT2D eigenvalue weighted by molar-refractivity contribution is 7.95. The second-order valence-electron chi connectivity index (χ2n) is 6.22. The summed E-state index contributed by atoms with van der Waals surface area (Å²) in [5, 5.41) is 1.70. The predicted octanol–water partition coefficient (Wildman–Crippen LogP) is 2.59. The molecule has 1 heterocycles. The molecule has 2 rings (SSSR count). The number of aromatic nitrogens is 1. The van der Waals surface area contributed by atoms with E-state index in [0.29, 0.717) is 28.2 Å². The number of methoxy groups -OCH3 is 4. The molecule has 0 aliphatic rings. The Bertz CT molecular complexity index is 1200. The van der Waals surface area contributed by atoms with Crippen LogP contribution >= 0.6 is 0 Å². The largest absolute Gasteiger partial charge is 0.496 e. The van der Waals surface area contributed by atoms with E-state index in [1.165, 1.54) is 46.6 Å². The highest BCUT2D eigenvalue weighted by atomic mass is 32.2. The lowest BCUT2D eigenvalue weighted by Gasteiger charge is -2.12. The molecule has 1 aromatic carbocycles. The van der Waals surface area contributed by atoms with E-state index in [4.69, 9.17) is 18.9 Å². The van der Waals surface area contributed by atoms with Crippen LogP contribution in [0.5, 0.6) is 23.0 Å². The normalized spacial score (nSPS) is 11.8. The molecule has 0 amide bonds. The minimum Gasteiger partial charge on any atom is -0.496 e. The van der Waals surface area contributed by atoms with Crippen molar-refractivity contribution in [1.29, 1.82) is 0 Å². The smallest absolute Gasteiger partial charge is 0.255 e. The molecule has 0 unspecified atom stereocenters. The first-order valence-corrected chi connectivity index (χ1v) is 12.2. The molecule has 0 aliphatic heterocycles. The Hall–Kier alpha value is -3.25. The highest BCUT2D eigenvalue weighted by Gasteiger charge is 2.17. The number of rotatable bonds is 11. The number of nitrogens with zero attached hydrogens (tertiary/aromatic N) is 1. The first-order chi connectivity index (χ1) is 15.1. The molecule has 0 atom stereocenters. The molecule has 174 valence electrons. The highest BCUT2D eigenvalue weighted by Crippen LogP contribution is 2.35. The summed E-state index contributed by atoms with van der Waals surface area (Å²) in [6.07, 6.45) is 1.34. The molecule has 0 fully saturated rings. The molecule has 2 aromatic rings. The Balaban J connectivity index is 2.37. The van der Waals surface area contributed by atoms with Crippen molar-refractivity contribution in [3.8, 4) is 23.0 Å². The SMILES string of the molecule is C=CS(=O)(=O)Nc1nc(CS(=O)(=O)/C=C/c2c(OC)cc(OC)cc2OC)ccc1OC. The fourth-order valence-electron chi connectivity index (χ4n) is 2.60. The van der Waals surface area contributed by atoms with Crippen LogP contribution < -0.4 is 23.7 Å². The van der Waals surface area contributed by atoms with Gasteiger partial charge in [0.1, 0.15) is 17.2 Å². The van der Waals surface area contributed by atoms with Crippen LogP contribution in [0.15, 0.2) is 41.7 Å². The fraction of sp³-hybridized carbons (Fsp3) is 0.250. The van der Waals surface area contributed by atoms with E-state index in [2.05, 4.69) is 16.3 Å². The summed E-state index contributed by atoms with van der Waals surface area (Å²) >= 11 is 0. The van der Waals surface area contributed by atoms with Gasteiger partial charge in [-0.25, -0.2) is 21.8 Å². The van der Waals surface area contributed by atoms with Gasteiger partial charge in [0.15, 0.2) is 21.4 Å². The van der Waals surface area contributed by atoms with Gasteiger partial charge in [-0.05, 0) is 18.2 Å². The molecule has 1 N–H and O–H groups in total. The molecule has 0 saturated carbocycles. The molecule has 10 nitrogen and oxygen atoms in total. The van der Waals surface area contributed by atoms with Crippen LogP contribution in [-0.4, -0.2) is 50.3 Å². The van der Waals surface area contributed by atoms with Crippen LogP contribution in [0.1, 0.15) is 11.3 Å². The third kappa shape index (κ3) is 6.37. The van der Waals surface area contributed by atoms with Gasteiger partial charge in [-0.2, -0.15) is 0 Å². The lowest BCUT2D eigenvalue weighted by atomic mass is 10.1. The number of nitrogens with one attached hydrogen (secondary N) is 1. The van der Waals surface area contributed by atoms with Crippen molar-refractivity contribution in [1.82, 2.24) is 4.98 Å². The summed E-state index contributed by atoms with van der Waals surface area (Å²) in [6, 6.07) is 6.03. The van der Waals surface area contributed by atoms with Crippen LogP contribution in [-0.2, 0) is 25.6 Å². The molecule has 32 heavy (non-hydrogen) atoms. The second kappa shape index (κ2) is 10.4. The molecule has 0 bridgehead atoms. The van der Waals surface area contributed by atoms with E-state index in [-0.39, 0.29) is 17.3 Å². The number of sulfonamides is 1. The number of benzene rings is 1. The van der Waals surface area contributed by atoms with Crippen molar-refractivity contribution in [2.45, 2.75) is 5.75 Å². The third-order valence-corrected chi connectivity index (χ3v) is 6.30. The molecular weight excluding hydrogens is 460 g/mol. The van der Waals surface area contributed by atoms with Crippen LogP contribution in [0.3, 0.4) is 0 Å². The van der Waals surface area contributed by atoms with Crippen molar-refractivity contribution >= 4 is 31.8 Å². The lowest BCUT2D eigenvalue weighted by molar-refractivity contribution is 0.374. The molecule has 0 spiro atoms. The monoisotopic (exact) mass is 484 g/mol. The summed E-state index contributed by atoms with van der Waals surface area (Å²) in [4.78, 5) is 4.06.